The first-order valence-corrected chi connectivity index (χ1v) is 13.6. The molecule has 3 aromatic carbocycles. The van der Waals surface area contributed by atoms with E-state index in [4.69, 9.17) is 11.5 Å². The van der Waals surface area contributed by atoms with Crippen LogP contribution in [0, 0.1) is 6.92 Å². The topological polar surface area (TPSA) is 87.6 Å². The quantitative estimate of drug-likeness (QED) is 0.0918. The molecule has 282 valence electrons. The average Bonchev–Trinajstić information content (AvgIpc) is 3.03. The molecule has 3 aromatic rings. The second-order valence-corrected chi connectivity index (χ2v) is 10.9. The van der Waals surface area contributed by atoms with E-state index in [1.165, 1.54) is 24.3 Å². The van der Waals surface area contributed by atoms with Crippen LogP contribution in [0.4, 0.5) is 81.6 Å². The molecule has 0 heterocycles. The summed E-state index contributed by atoms with van der Waals surface area (Å²) in [4.78, 5) is 12.6. The Hall–Kier alpha value is -4.59. The maximum atomic E-state index is 14.4. The molecule has 0 atom stereocenters. The Morgan fingerprint density at radius 1 is 0.569 bits per heavy atom. The fourth-order valence-corrected chi connectivity index (χ4v) is 4.20. The summed E-state index contributed by atoms with van der Waals surface area (Å²) in [5.41, 5.74) is 9.48. The third kappa shape index (κ3) is 6.77. The van der Waals surface area contributed by atoms with Crippen molar-refractivity contribution in [1.29, 1.82) is 0 Å². The van der Waals surface area contributed by atoms with Gasteiger partial charge in [0.25, 0.3) is 0 Å². The Balaban J connectivity index is 1.87. The smallest absolute Gasteiger partial charge is 0.385 e. The van der Waals surface area contributed by atoms with Gasteiger partial charge in [0.2, 0.25) is 0 Å². The molecule has 0 amide bonds. The minimum absolute atomic E-state index is 0.102. The highest BCUT2D eigenvalue weighted by molar-refractivity contribution is 6.09. The molecular weight excluding hydrogens is 740 g/mol. The Labute approximate surface area is 276 Å². The van der Waals surface area contributed by atoms with Crippen molar-refractivity contribution in [2.24, 2.45) is 0 Å². The fraction of sp³-hybridized carbons (Fsp3) is 0.367. The van der Waals surface area contributed by atoms with E-state index in [1.54, 1.807) is 6.07 Å². The number of carbonyl (C=O) groups is 1. The van der Waals surface area contributed by atoms with Gasteiger partial charge in [-0.1, -0.05) is 30.3 Å². The number of halogens is 16. The number of rotatable bonds is 15. The molecule has 0 radical (unpaired) electrons. The minimum Gasteiger partial charge on any atom is -0.487 e. The van der Waals surface area contributed by atoms with E-state index < -0.39 is 83.6 Å². The molecule has 0 unspecified atom stereocenters. The summed E-state index contributed by atoms with van der Waals surface area (Å²) >= 11 is 0. The van der Waals surface area contributed by atoms with Crippen molar-refractivity contribution < 1.29 is 84.5 Å². The largest absolute Gasteiger partial charge is 0.487 e. The molecule has 5 nitrogen and oxygen atoms in total. The Kier molecular flexibility index (Phi) is 10.6. The van der Waals surface area contributed by atoms with Crippen molar-refractivity contribution in [1.82, 2.24) is 0 Å². The first kappa shape index (κ1) is 40.8. The van der Waals surface area contributed by atoms with Gasteiger partial charge in [-0.05, 0) is 48.9 Å². The van der Waals surface area contributed by atoms with Gasteiger partial charge in [-0.25, -0.2) is 0 Å². The summed E-state index contributed by atoms with van der Waals surface area (Å²) in [6, 6.07) is 11.6. The molecule has 0 aliphatic rings. The number of alkyl halides is 16. The van der Waals surface area contributed by atoms with Crippen LogP contribution in [-0.4, -0.2) is 66.4 Å². The van der Waals surface area contributed by atoms with E-state index in [0.717, 1.165) is 25.1 Å². The normalized spacial score (nSPS) is 14.0. The number of benzene rings is 3. The number of ketones is 1. The predicted molar refractivity (Wildman–Crippen MR) is 147 cm³/mol. The summed E-state index contributed by atoms with van der Waals surface area (Å²) in [6.45, 7) is -4.97. The number of carbonyl (C=O) groups excluding carboxylic acids is 1. The van der Waals surface area contributed by atoms with Crippen molar-refractivity contribution >= 4 is 17.2 Å². The summed E-state index contributed by atoms with van der Waals surface area (Å²) in [7, 11) is 0. The summed E-state index contributed by atoms with van der Waals surface area (Å²) in [5, 5.41) is 0. The maximum absolute atomic E-state index is 14.4. The van der Waals surface area contributed by atoms with Crippen molar-refractivity contribution in [3.63, 3.8) is 0 Å². The van der Waals surface area contributed by atoms with E-state index in [9.17, 15) is 75.0 Å². The highest BCUT2D eigenvalue weighted by Crippen LogP contribution is 2.63. The Morgan fingerprint density at radius 2 is 1.02 bits per heavy atom. The van der Waals surface area contributed by atoms with E-state index in [2.05, 4.69) is 9.47 Å². The Morgan fingerprint density at radius 3 is 1.47 bits per heavy atom. The number of anilines is 2. The first-order chi connectivity index (χ1) is 23.0. The van der Waals surface area contributed by atoms with Crippen LogP contribution in [0.3, 0.4) is 0 Å². The molecule has 0 bridgehead atoms. The molecule has 51 heavy (non-hydrogen) atoms. The summed E-state index contributed by atoms with van der Waals surface area (Å²) < 4.78 is 237. The lowest BCUT2D eigenvalue weighted by Gasteiger charge is -2.43. The molecule has 0 aliphatic carbocycles. The number of aryl methyl sites for hydroxylation is 1. The van der Waals surface area contributed by atoms with Crippen molar-refractivity contribution in [3.05, 3.63) is 83.4 Å². The molecule has 0 fully saturated rings. The number of nitrogens with two attached hydrogens (primary N) is 2. The van der Waals surface area contributed by atoms with E-state index in [-0.39, 0.29) is 22.4 Å². The average molecular weight is 762 g/mol. The number of hydrogen-bond acceptors (Lipinski definition) is 5. The van der Waals surface area contributed by atoms with Crippen LogP contribution in [0.5, 0.6) is 11.5 Å². The monoisotopic (exact) mass is 762 g/mol. The van der Waals surface area contributed by atoms with Crippen molar-refractivity contribution in [2.75, 3.05) is 24.7 Å². The molecule has 0 saturated heterocycles. The van der Waals surface area contributed by atoms with Crippen LogP contribution in [0.2, 0.25) is 0 Å². The Bertz CT molecular complexity index is 1730. The third-order valence-corrected chi connectivity index (χ3v) is 7.23. The second-order valence-electron chi connectivity index (χ2n) is 10.9. The number of hydrogen-bond donors (Lipinski definition) is 2. The van der Waals surface area contributed by atoms with Crippen LogP contribution in [0.1, 0.15) is 21.5 Å². The van der Waals surface area contributed by atoms with E-state index in [0.29, 0.717) is 18.2 Å². The van der Waals surface area contributed by atoms with Crippen LogP contribution in [-0.2, 0) is 0 Å². The third-order valence-electron chi connectivity index (χ3n) is 7.23. The maximum Gasteiger partial charge on any atom is 0.385 e. The second kappa shape index (κ2) is 13.2. The van der Waals surface area contributed by atoms with Gasteiger partial charge in [-0.3, -0.25) is 4.79 Å². The van der Waals surface area contributed by atoms with Crippen molar-refractivity contribution in [2.45, 2.75) is 54.3 Å². The first-order valence-electron chi connectivity index (χ1n) is 13.6. The van der Waals surface area contributed by atoms with Gasteiger partial charge in [0.05, 0.1) is 5.69 Å². The molecular formula is C30H22F16N2O3. The SMILES string of the molecule is Cc1cc(OCC(F)(F)C(F)(F)C(F)(F)C(F)(F)C(F)(F)C(F)(F)C(F)(F)C(F)(F)COc2ccc(N)cc2N)ccc1C(=O)c1ccccc1. The molecule has 0 aromatic heterocycles. The van der Waals surface area contributed by atoms with Gasteiger partial charge in [0, 0.05) is 16.8 Å². The van der Waals surface area contributed by atoms with E-state index >= 15 is 0 Å². The van der Waals surface area contributed by atoms with Gasteiger partial charge in [0.1, 0.15) is 11.5 Å². The number of ether oxygens (including phenoxy) is 2. The van der Waals surface area contributed by atoms with Crippen LogP contribution in [0.15, 0.2) is 66.7 Å². The molecule has 4 N–H and O–H groups in total. The van der Waals surface area contributed by atoms with Gasteiger partial charge in [-0.2, -0.15) is 70.2 Å². The van der Waals surface area contributed by atoms with Crippen LogP contribution >= 0.6 is 0 Å². The fourth-order valence-electron chi connectivity index (χ4n) is 4.20. The lowest BCUT2D eigenvalue weighted by molar-refractivity contribution is -0.454. The number of nitrogen functional groups attached to an aromatic ring is 2. The zero-order valence-corrected chi connectivity index (χ0v) is 25.2. The minimum atomic E-state index is -8.60. The molecule has 21 heteroatoms. The van der Waals surface area contributed by atoms with Gasteiger partial charge >= 0.3 is 47.4 Å². The highest BCUT2D eigenvalue weighted by atomic mass is 19.4. The molecule has 0 spiro atoms. The van der Waals surface area contributed by atoms with Gasteiger partial charge in [0.15, 0.2) is 19.0 Å². The standard InChI is InChI=1S/C30H22F16N2O3/c1-15-11-18(8-9-19(15)22(49)16-5-3-2-4-6-16)50-13-23(31,32)25(35,36)27(39,40)29(43,44)30(45,46)28(41,42)26(37,38)24(33,34)14-51-21-10-7-17(47)12-20(21)48/h2-12H,13-14,47-48H2,1H3. The predicted octanol–water partition coefficient (Wildman–Crippen LogP) is 8.93. The highest BCUT2D eigenvalue weighted by Gasteiger charge is 2.94. The van der Waals surface area contributed by atoms with Crippen LogP contribution in [0.25, 0.3) is 0 Å². The van der Waals surface area contributed by atoms with Gasteiger partial charge in [-0.15, -0.1) is 0 Å². The zero-order valence-electron chi connectivity index (χ0n) is 25.2. The zero-order chi connectivity index (χ0) is 39.2. The molecule has 0 saturated carbocycles. The summed E-state index contributed by atoms with van der Waals surface area (Å²) in [5.74, 6) is -65.6. The lowest BCUT2D eigenvalue weighted by atomic mass is 9.87. The van der Waals surface area contributed by atoms with E-state index in [1.807, 2.05) is 0 Å². The van der Waals surface area contributed by atoms with Crippen molar-refractivity contribution in [3.8, 4) is 11.5 Å². The molecule has 0 aliphatic heterocycles. The lowest BCUT2D eigenvalue weighted by Crippen LogP contribution is -2.75. The molecule has 3 rings (SSSR count). The van der Waals surface area contributed by atoms with Gasteiger partial charge < -0.3 is 20.9 Å². The van der Waals surface area contributed by atoms with Crippen LogP contribution < -0.4 is 20.9 Å². The summed E-state index contributed by atoms with van der Waals surface area (Å²) in [6.07, 6.45) is 0.